The molecule has 1 aromatic carbocycles. The third-order valence-corrected chi connectivity index (χ3v) is 2.23. The standard InChI is InChI=1S/C13H18N2O2/c1-9(2)8-13(17)15-14-10(3)11-4-6-12(16)7-5-11/h4-7,9,16H,8H2,1-3H3,(H,15,17)/b14-10+. The van der Waals surface area contributed by atoms with Crippen molar-refractivity contribution in [2.24, 2.45) is 11.0 Å². The summed E-state index contributed by atoms with van der Waals surface area (Å²) in [7, 11) is 0. The van der Waals surface area contributed by atoms with Crippen LogP contribution in [0, 0.1) is 5.92 Å². The number of nitrogens with one attached hydrogen (secondary N) is 1. The maximum atomic E-state index is 11.4. The Morgan fingerprint density at radius 3 is 2.47 bits per heavy atom. The van der Waals surface area contributed by atoms with E-state index in [-0.39, 0.29) is 11.7 Å². The smallest absolute Gasteiger partial charge is 0.240 e. The first-order chi connectivity index (χ1) is 7.99. The first-order valence-electron chi connectivity index (χ1n) is 5.61. The number of carbonyl (C=O) groups excluding carboxylic acids is 1. The van der Waals surface area contributed by atoms with Crippen LogP contribution in [0.15, 0.2) is 29.4 Å². The molecule has 0 saturated carbocycles. The van der Waals surface area contributed by atoms with Crippen molar-refractivity contribution in [1.29, 1.82) is 0 Å². The molecule has 0 bridgehead atoms. The van der Waals surface area contributed by atoms with Crippen LogP contribution in [0.1, 0.15) is 32.8 Å². The van der Waals surface area contributed by atoms with Gasteiger partial charge in [-0.1, -0.05) is 13.8 Å². The van der Waals surface area contributed by atoms with Gasteiger partial charge in [0.05, 0.1) is 5.71 Å². The molecule has 1 amide bonds. The van der Waals surface area contributed by atoms with E-state index < -0.39 is 0 Å². The van der Waals surface area contributed by atoms with Gasteiger partial charge in [0, 0.05) is 6.42 Å². The van der Waals surface area contributed by atoms with Crippen molar-refractivity contribution < 1.29 is 9.90 Å². The average Bonchev–Trinajstić information content (AvgIpc) is 2.26. The van der Waals surface area contributed by atoms with Crippen LogP contribution in [0.4, 0.5) is 0 Å². The summed E-state index contributed by atoms with van der Waals surface area (Å²) in [6.45, 7) is 5.77. The number of benzene rings is 1. The molecular formula is C13H18N2O2. The lowest BCUT2D eigenvalue weighted by molar-refractivity contribution is -0.121. The number of phenolic OH excluding ortho intramolecular Hbond substituents is 1. The average molecular weight is 234 g/mol. The summed E-state index contributed by atoms with van der Waals surface area (Å²) in [6.07, 6.45) is 0.465. The number of phenols is 1. The van der Waals surface area contributed by atoms with Crippen molar-refractivity contribution in [1.82, 2.24) is 5.43 Å². The van der Waals surface area contributed by atoms with Crippen molar-refractivity contribution >= 4 is 11.6 Å². The first-order valence-corrected chi connectivity index (χ1v) is 5.61. The van der Waals surface area contributed by atoms with E-state index in [0.717, 1.165) is 5.56 Å². The second-order valence-electron chi connectivity index (χ2n) is 4.38. The largest absolute Gasteiger partial charge is 0.508 e. The van der Waals surface area contributed by atoms with E-state index in [4.69, 9.17) is 5.11 Å². The maximum Gasteiger partial charge on any atom is 0.240 e. The minimum atomic E-state index is -0.0851. The summed E-state index contributed by atoms with van der Waals surface area (Å²) in [5, 5.41) is 13.2. The van der Waals surface area contributed by atoms with Gasteiger partial charge in [0.1, 0.15) is 5.75 Å². The number of nitrogens with zero attached hydrogens (tertiary/aromatic N) is 1. The lowest BCUT2D eigenvalue weighted by atomic mass is 10.1. The van der Waals surface area contributed by atoms with Crippen molar-refractivity contribution in [3.05, 3.63) is 29.8 Å². The number of rotatable bonds is 4. The van der Waals surface area contributed by atoms with Crippen LogP contribution in [0.3, 0.4) is 0 Å². The van der Waals surface area contributed by atoms with Gasteiger partial charge in [0.25, 0.3) is 0 Å². The summed E-state index contributed by atoms with van der Waals surface area (Å²) >= 11 is 0. The molecule has 0 radical (unpaired) electrons. The zero-order valence-electron chi connectivity index (χ0n) is 10.4. The Morgan fingerprint density at radius 2 is 1.94 bits per heavy atom. The first kappa shape index (κ1) is 13.2. The van der Waals surface area contributed by atoms with Gasteiger partial charge >= 0.3 is 0 Å². The molecule has 0 atom stereocenters. The Kier molecular flexibility index (Phi) is 4.69. The highest BCUT2D eigenvalue weighted by molar-refractivity contribution is 5.99. The zero-order valence-corrected chi connectivity index (χ0v) is 10.4. The fourth-order valence-corrected chi connectivity index (χ4v) is 1.33. The molecule has 0 heterocycles. The molecule has 2 N–H and O–H groups in total. The van der Waals surface area contributed by atoms with Crippen LogP contribution < -0.4 is 5.43 Å². The van der Waals surface area contributed by atoms with Crippen molar-refractivity contribution in [2.45, 2.75) is 27.2 Å². The number of hydrogen-bond donors (Lipinski definition) is 2. The monoisotopic (exact) mass is 234 g/mol. The van der Waals surface area contributed by atoms with E-state index in [2.05, 4.69) is 10.5 Å². The van der Waals surface area contributed by atoms with Crippen LogP contribution in [0.25, 0.3) is 0 Å². The van der Waals surface area contributed by atoms with Gasteiger partial charge < -0.3 is 5.11 Å². The topological polar surface area (TPSA) is 61.7 Å². The van der Waals surface area contributed by atoms with Gasteiger partial charge in [-0.3, -0.25) is 4.79 Å². The predicted octanol–water partition coefficient (Wildman–Crippen LogP) is 2.28. The number of carbonyl (C=O) groups is 1. The summed E-state index contributed by atoms with van der Waals surface area (Å²) in [6, 6.07) is 6.68. The highest BCUT2D eigenvalue weighted by Crippen LogP contribution is 2.10. The minimum Gasteiger partial charge on any atom is -0.508 e. The molecule has 1 aromatic rings. The molecule has 0 saturated heterocycles. The zero-order chi connectivity index (χ0) is 12.8. The van der Waals surface area contributed by atoms with Gasteiger partial charge in [0.15, 0.2) is 0 Å². The van der Waals surface area contributed by atoms with Gasteiger partial charge in [-0.05, 0) is 42.7 Å². The number of hydrogen-bond acceptors (Lipinski definition) is 3. The second kappa shape index (κ2) is 6.03. The molecular weight excluding hydrogens is 216 g/mol. The predicted molar refractivity (Wildman–Crippen MR) is 67.9 cm³/mol. The van der Waals surface area contributed by atoms with Crippen molar-refractivity contribution in [2.75, 3.05) is 0 Å². The van der Waals surface area contributed by atoms with Crippen molar-refractivity contribution in [3.63, 3.8) is 0 Å². The fraction of sp³-hybridized carbons (Fsp3) is 0.385. The molecule has 17 heavy (non-hydrogen) atoms. The van der Waals surface area contributed by atoms with E-state index in [1.54, 1.807) is 24.3 Å². The summed E-state index contributed by atoms with van der Waals surface area (Å²) in [5.41, 5.74) is 4.09. The van der Waals surface area contributed by atoms with Crippen LogP contribution in [-0.2, 0) is 4.79 Å². The van der Waals surface area contributed by atoms with Gasteiger partial charge in [-0.2, -0.15) is 5.10 Å². The van der Waals surface area contributed by atoms with E-state index >= 15 is 0 Å². The molecule has 0 unspecified atom stereocenters. The van der Waals surface area contributed by atoms with E-state index in [0.29, 0.717) is 18.1 Å². The number of aromatic hydroxyl groups is 1. The molecule has 0 aliphatic carbocycles. The van der Waals surface area contributed by atoms with Gasteiger partial charge in [-0.15, -0.1) is 0 Å². The molecule has 4 nitrogen and oxygen atoms in total. The Hall–Kier alpha value is -1.84. The normalized spacial score (nSPS) is 11.6. The lowest BCUT2D eigenvalue weighted by Crippen LogP contribution is -2.20. The van der Waals surface area contributed by atoms with Crippen LogP contribution in [0.2, 0.25) is 0 Å². The summed E-state index contributed by atoms with van der Waals surface area (Å²) in [4.78, 5) is 11.4. The second-order valence-corrected chi connectivity index (χ2v) is 4.38. The Balaban J connectivity index is 2.60. The highest BCUT2D eigenvalue weighted by atomic mass is 16.3. The summed E-state index contributed by atoms with van der Waals surface area (Å²) < 4.78 is 0. The third kappa shape index (κ3) is 4.68. The van der Waals surface area contributed by atoms with E-state index in [9.17, 15) is 4.79 Å². The van der Waals surface area contributed by atoms with E-state index in [1.165, 1.54) is 0 Å². The minimum absolute atomic E-state index is 0.0851. The number of hydrazone groups is 1. The molecule has 0 aliphatic heterocycles. The van der Waals surface area contributed by atoms with Crippen molar-refractivity contribution in [3.8, 4) is 5.75 Å². The highest BCUT2D eigenvalue weighted by Gasteiger charge is 2.03. The molecule has 0 fully saturated rings. The molecule has 1 rings (SSSR count). The fourth-order valence-electron chi connectivity index (χ4n) is 1.33. The SMILES string of the molecule is C/C(=N\NC(=O)CC(C)C)c1ccc(O)cc1. The van der Waals surface area contributed by atoms with Crippen LogP contribution >= 0.6 is 0 Å². The molecule has 0 aliphatic rings. The molecule has 92 valence electrons. The van der Waals surface area contributed by atoms with Gasteiger partial charge in [0.2, 0.25) is 5.91 Å². The Bertz CT molecular complexity index is 408. The third-order valence-electron chi connectivity index (χ3n) is 2.23. The molecule has 0 spiro atoms. The molecule has 4 heteroatoms. The number of amides is 1. The Labute approximate surface area is 101 Å². The quantitative estimate of drug-likeness (QED) is 0.620. The summed E-state index contributed by atoms with van der Waals surface area (Å²) in [5.74, 6) is 0.447. The molecule has 0 aromatic heterocycles. The van der Waals surface area contributed by atoms with E-state index in [1.807, 2.05) is 20.8 Å². The Morgan fingerprint density at radius 1 is 1.35 bits per heavy atom. The van der Waals surface area contributed by atoms with Crippen LogP contribution in [-0.4, -0.2) is 16.7 Å². The maximum absolute atomic E-state index is 11.4. The van der Waals surface area contributed by atoms with Crippen LogP contribution in [0.5, 0.6) is 5.75 Å². The lowest BCUT2D eigenvalue weighted by Gasteiger charge is -2.04. The van der Waals surface area contributed by atoms with Gasteiger partial charge in [-0.25, -0.2) is 5.43 Å².